The number of nitrogens with zero attached hydrogens (tertiary/aromatic N) is 2. The summed E-state index contributed by atoms with van der Waals surface area (Å²) >= 11 is 5.57. The highest BCUT2D eigenvalue weighted by molar-refractivity contribution is 6.31. The van der Waals surface area contributed by atoms with Crippen molar-refractivity contribution in [3.05, 3.63) is 22.8 Å². The number of alkyl halides is 3. The Balaban J connectivity index is 2.23. The zero-order valence-corrected chi connectivity index (χ0v) is 9.96. The number of imide groups is 1. The van der Waals surface area contributed by atoms with Crippen LogP contribution in [0.25, 0.3) is 0 Å². The highest BCUT2D eigenvalue weighted by Crippen LogP contribution is 2.33. The molecule has 1 aliphatic rings. The molecule has 0 radical (unpaired) electrons. The molecule has 0 N–H and O–H groups in total. The summed E-state index contributed by atoms with van der Waals surface area (Å²) in [5.74, 6) is -1.62. The number of carbonyl (C=O) groups is 2. The molecule has 2 heterocycles. The van der Waals surface area contributed by atoms with Crippen LogP contribution in [-0.2, 0) is 15.8 Å². The molecule has 0 aromatic carbocycles. The van der Waals surface area contributed by atoms with E-state index in [9.17, 15) is 22.8 Å². The fraction of sp³-hybridized carbons (Fsp3) is 0.300. The lowest BCUT2D eigenvalue weighted by molar-refractivity contribution is -0.165. The normalized spacial score (nSPS) is 16.1. The molecule has 1 fully saturated rings. The number of amides is 2. The monoisotopic (exact) mass is 294 g/mol. The molecule has 0 bridgehead atoms. The molecular formula is C10H6ClF3N2O3. The third-order valence-corrected chi connectivity index (χ3v) is 2.59. The van der Waals surface area contributed by atoms with Crippen LogP contribution in [0.2, 0.25) is 5.02 Å². The van der Waals surface area contributed by atoms with E-state index in [-0.39, 0.29) is 12.8 Å². The van der Waals surface area contributed by atoms with E-state index in [1.54, 1.807) is 0 Å². The van der Waals surface area contributed by atoms with Gasteiger partial charge in [0.25, 0.3) is 17.7 Å². The van der Waals surface area contributed by atoms with Gasteiger partial charge in [0.05, 0.1) is 5.56 Å². The molecule has 1 aromatic rings. The van der Waals surface area contributed by atoms with Gasteiger partial charge in [-0.15, -0.1) is 5.06 Å². The van der Waals surface area contributed by atoms with Crippen molar-refractivity contribution in [2.45, 2.75) is 19.0 Å². The summed E-state index contributed by atoms with van der Waals surface area (Å²) in [7, 11) is 0. The number of halogens is 4. The summed E-state index contributed by atoms with van der Waals surface area (Å²) in [6.45, 7) is 0. The first-order valence-electron chi connectivity index (χ1n) is 5.05. The fourth-order valence-electron chi connectivity index (χ4n) is 1.39. The largest absolute Gasteiger partial charge is 0.417 e. The summed E-state index contributed by atoms with van der Waals surface area (Å²) in [6, 6.07) is 0.606. The van der Waals surface area contributed by atoms with E-state index in [0.717, 1.165) is 0 Å². The van der Waals surface area contributed by atoms with Crippen LogP contribution in [0.3, 0.4) is 0 Å². The number of hydrogen-bond donors (Lipinski definition) is 0. The van der Waals surface area contributed by atoms with Crippen molar-refractivity contribution in [3.63, 3.8) is 0 Å². The number of rotatable bonds is 2. The van der Waals surface area contributed by atoms with Gasteiger partial charge in [-0.1, -0.05) is 11.6 Å². The molecule has 2 amide bonds. The van der Waals surface area contributed by atoms with E-state index < -0.39 is 34.5 Å². The van der Waals surface area contributed by atoms with Gasteiger partial charge in [-0.2, -0.15) is 13.2 Å². The quantitative estimate of drug-likeness (QED) is 0.785. The first kappa shape index (κ1) is 13.6. The zero-order valence-electron chi connectivity index (χ0n) is 9.20. The molecule has 102 valence electrons. The van der Waals surface area contributed by atoms with Crippen LogP contribution in [0.15, 0.2) is 12.3 Å². The van der Waals surface area contributed by atoms with Gasteiger partial charge >= 0.3 is 6.18 Å². The van der Waals surface area contributed by atoms with Gasteiger partial charge in [-0.05, 0) is 6.07 Å². The van der Waals surface area contributed by atoms with Crippen LogP contribution in [0, 0.1) is 0 Å². The third-order valence-electron chi connectivity index (χ3n) is 2.32. The van der Waals surface area contributed by atoms with Crippen molar-refractivity contribution >= 4 is 23.4 Å². The van der Waals surface area contributed by atoms with Crippen molar-refractivity contribution in [3.8, 4) is 5.88 Å². The van der Waals surface area contributed by atoms with Crippen molar-refractivity contribution in [1.82, 2.24) is 10.0 Å². The second-order valence-electron chi connectivity index (χ2n) is 3.68. The zero-order chi connectivity index (χ0) is 14.2. The molecule has 0 spiro atoms. The van der Waals surface area contributed by atoms with Crippen molar-refractivity contribution in [1.29, 1.82) is 0 Å². The number of hydroxylamine groups is 2. The molecule has 0 aliphatic carbocycles. The maximum Gasteiger partial charge on any atom is 0.417 e. The molecule has 0 atom stereocenters. The Hall–Kier alpha value is -1.83. The summed E-state index contributed by atoms with van der Waals surface area (Å²) in [5.41, 5.74) is -1.05. The van der Waals surface area contributed by atoms with Crippen LogP contribution in [0.4, 0.5) is 13.2 Å². The summed E-state index contributed by atoms with van der Waals surface area (Å²) in [6.07, 6.45) is -4.12. The Morgan fingerprint density at radius 1 is 1.26 bits per heavy atom. The number of pyridine rings is 1. The Kier molecular flexibility index (Phi) is 3.36. The lowest BCUT2D eigenvalue weighted by Crippen LogP contribution is -2.33. The van der Waals surface area contributed by atoms with E-state index >= 15 is 0 Å². The van der Waals surface area contributed by atoms with E-state index in [1.807, 2.05) is 0 Å². The van der Waals surface area contributed by atoms with Crippen LogP contribution in [-0.4, -0.2) is 21.9 Å². The Bertz CT molecular complexity index is 531. The molecule has 19 heavy (non-hydrogen) atoms. The second kappa shape index (κ2) is 4.69. The topological polar surface area (TPSA) is 59.5 Å². The first-order valence-corrected chi connectivity index (χ1v) is 5.43. The van der Waals surface area contributed by atoms with E-state index in [4.69, 9.17) is 16.4 Å². The van der Waals surface area contributed by atoms with Gasteiger partial charge in [0.1, 0.15) is 5.02 Å². The van der Waals surface area contributed by atoms with E-state index in [2.05, 4.69) is 4.98 Å². The van der Waals surface area contributed by atoms with Crippen molar-refractivity contribution in [2.24, 2.45) is 0 Å². The predicted octanol–water partition coefficient (Wildman–Crippen LogP) is 2.20. The third kappa shape index (κ3) is 2.78. The van der Waals surface area contributed by atoms with Crippen LogP contribution in [0.1, 0.15) is 18.4 Å². The van der Waals surface area contributed by atoms with Crippen molar-refractivity contribution < 1.29 is 27.6 Å². The Morgan fingerprint density at radius 2 is 1.84 bits per heavy atom. The smallest absolute Gasteiger partial charge is 0.347 e. The minimum Gasteiger partial charge on any atom is -0.347 e. The second-order valence-corrected chi connectivity index (χ2v) is 4.09. The lowest BCUT2D eigenvalue weighted by Gasteiger charge is -2.15. The lowest BCUT2D eigenvalue weighted by atomic mass is 10.3. The standard InChI is InChI=1S/C10H6ClF3N2O3/c11-6-3-5(10(12,13)14)4-15-9(6)19-16-7(17)1-2-8(16)18/h3-4H,1-2H2. The molecule has 9 heteroatoms. The maximum atomic E-state index is 12.4. The molecule has 2 rings (SSSR count). The van der Waals surface area contributed by atoms with Gasteiger partial charge in [0, 0.05) is 19.0 Å². The molecule has 1 aliphatic heterocycles. The van der Waals surface area contributed by atoms with Gasteiger partial charge in [-0.25, -0.2) is 4.98 Å². The molecule has 0 saturated carbocycles. The van der Waals surface area contributed by atoms with Gasteiger partial charge < -0.3 is 4.84 Å². The maximum absolute atomic E-state index is 12.4. The van der Waals surface area contributed by atoms with Crippen LogP contribution < -0.4 is 4.84 Å². The van der Waals surface area contributed by atoms with E-state index in [0.29, 0.717) is 17.3 Å². The minimum absolute atomic E-state index is 0.0168. The molecule has 1 aromatic heterocycles. The fourth-order valence-corrected chi connectivity index (χ4v) is 1.59. The van der Waals surface area contributed by atoms with Gasteiger partial charge in [0.2, 0.25) is 0 Å². The van der Waals surface area contributed by atoms with Crippen LogP contribution >= 0.6 is 11.6 Å². The predicted molar refractivity (Wildman–Crippen MR) is 56.0 cm³/mol. The number of carbonyl (C=O) groups excluding carboxylic acids is 2. The van der Waals surface area contributed by atoms with Gasteiger partial charge in [0.15, 0.2) is 0 Å². The summed E-state index contributed by atoms with van der Waals surface area (Å²) < 4.78 is 37.1. The van der Waals surface area contributed by atoms with Gasteiger partial charge in [-0.3, -0.25) is 9.59 Å². The minimum atomic E-state index is -4.59. The average Bonchev–Trinajstić information content (AvgIpc) is 2.62. The van der Waals surface area contributed by atoms with Crippen molar-refractivity contribution in [2.75, 3.05) is 0 Å². The number of aromatic nitrogens is 1. The van der Waals surface area contributed by atoms with E-state index in [1.165, 1.54) is 0 Å². The molecule has 1 saturated heterocycles. The highest BCUT2D eigenvalue weighted by atomic mass is 35.5. The molecule has 0 unspecified atom stereocenters. The number of hydrogen-bond acceptors (Lipinski definition) is 4. The summed E-state index contributed by atoms with van der Waals surface area (Å²) in [4.78, 5) is 30.7. The molecular weight excluding hydrogens is 289 g/mol. The SMILES string of the molecule is O=C1CCC(=O)N1Oc1ncc(C(F)(F)F)cc1Cl. The highest BCUT2D eigenvalue weighted by Gasteiger charge is 2.34. The van der Waals surface area contributed by atoms with Crippen LogP contribution in [0.5, 0.6) is 5.88 Å². The molecule has 5 nitrogen and oxygen atoms in total. The average molecular weight is 295 g/mol. The first-order chi connectivity index (χ1) is 8.79. The Morgan fingerprint density at radius 3 is 2.32 bits per heavy atom. The Labute approximate surface area is 109 Å². The summed E-state index contributed by atoms with van der Waals surface area (Å²) in [5, 5.41) is 0.00362.